The third-order valence-electron chi connectivity index (χ3n) is 4.25. The van der Waals surface area contributed by atoms with Gasteiger partial charge in [-0.1, -0.05) is 11.6 Å². The van der Waals surface area contributed by atoms with Crippen LogP contribution in [0.1, 0.15) is 35.1 Å². The third-order valence-corrected chi connectivity index (χ3v) is 4.61. The maximum atomic E-state index is 13.4. The number of halogens is 5. The first-order valence-corrected chi connectivity index (χ1v) is 7.90. The minimum absolute atomic E-state index is 0.272. The lowest BCUT2D eigenvalue weighted by molar-refractivity contribution is -0.141. The number of carbonyl (C=O) groups excluding carboxylic acids is 1. The quantitative estimate of drug-likeness (QED) is 0.700. The standard InChI is InChI=1S/C16H14ClF4N3O/c1-8-3-4-9-7-10(18)5-6-11(9)24(8)15(25)13-12(17)14(16(19,20)21)22-23(13)2/h5-8H,3-4H2,1-2H3/t8-/m0/s1. The number of aromatic nitrogens is 2. The largest absolute Gasteiger partial charge is 0.436 e. The van der Waals surface area contributed by atoms with Crippen molar-refractivity contribution in [3.05, 3.63) is 46.0 Å². The molecule has 0 aliphatic carbocycles. The number of rotatable bonds is 1. The molecule has 1 aliphatic rings. The molecule has 1 amide bonds. The molecule has 25 heavy (non-hydrogen) atoms. The molecule has 134 valence electrons. The molecule has 2 heterocycles. The summed E-state index contributed by atoms with van der Waals surface area (Å²) >= 11 is 5.82. The summed E-state index contributed by atoms with van der Waals surface area (Å²) in [5.74, 6) is -1.13. The van der Waals surface area contributed by atoms with E-state index >= 15 is 0 Å². The van der Waals surface area contributed by atoms with Crippen molar-refractivity contribution in [1.82, 2.24) is 9.78 Å². The number of nitrogens with zero attached hydrogens (tertiary/aromatic N) is 3. The van der Waals surface area contributed by atoms with Crippen LogP contribution in [0.15, 0.2) is 18.2 Å². The summed E-state index contributed by atoms with van der Waals surface area (Å²) < 4.78 is 53.2. The van der Waals surface area contributed by atoms with Gasteiger partial charge in [0, 0.05) is 18.8 Å². The molecule has 9 heteroatoms. The number of aryl methyl sites for hydroxylation is 2. The van der Waals surface area contributed by atoms with Crippen LogP contribution in [0.5, 0.6) is 0 Å². The van der Waals surface area contributed by atoms with Crippen molar-refractivity contribution in [2.75, 3.05) is 4.90 Å². The van der Waals surface area contributed by atoms with Gasteiger partial charge in [-0.15, -0.1) is 0 Å². The van der Waals surface area contributed by atoms with Crippen LogP contribution in [0.2, 0.25) is 5.02 Å². The zero-order valence-electron chi connectivity index (χ0n) is 13.4. The van der Waals surface area contributed by atoms with E-state index in [1.807, 2.05) is 0 Å². The number of alkyl halides is 3. The Morgan fingerprint density at radius 1 is 1.36 bits per heavy atom. The highest BCUT2D eigenvalue weighted by atomic mass is 35.5. The lowest BCUT2D eigenvalue weighted by Crippen LogP contribution is -2.43. The number of hydrogen-bond acceptors (Lipinski definition) is 2. The summed E-state index contributed by atoms with van der Waals surface area (Å²) in [7, 11) is 1.23. The van der Waals surface area contributed by atoms with E-state index in [1.54, 1.807) is 6.92 Å². The van der Waals surface area contributed by atoms with Crippen LogP contribution in [-0.2, 0) is 19.6 Å². The van der Waals surface area contributed by atoms with Crippen LogP contribution in [0.25, 0.3) is 0 Å². The van der Waals surface area contributed by atoms with Gasteiger partial charge in [0.15, 0.2) is 5.69 Å². The van der Waals surface area contributed by atoms with Gasteiger partial charge in [-0.2, -0.15) is 18.3 Å². The van der Waals surface area contributed by atoms with Gasteiger partial charge >= 0.3 is 6.18 Å². The lowest BCUT2D eigenvalue weighted by atomic mass is 9.96. The van der Waals surface area contributed by atoms with E-state index in [0.717, 1.165) is 4.68 Å². The number of carbonyl (C=O) groups is 1. The minimum Gasteiger partial charge on any atom is -0.304 e. The Kier molecular flexibility index (Phi) is 4.26. The predicted molar refractivity (Wildman–Crippen MR) is 84.2 cm³/mol. The Hall–Kier alpha value is -2.09. The smallest absolute Gasteiger partial charge is 0.304 e. The fourth-order valence-corrected chi connectivity index (χ4v) is 3.40. The van der Waals surface area contributed by atoms with Crippen molar-refractivity contribution in [3.63, 3.8) is 0 Å². The van der Waals surface area contributed by atoms with E-state index in [2.05, 4.69) is 5.10 Å². The highest BCUT2D eigenvalue weighted by Crippen LogP contribution is 2.38. The first kappa shape index (κ1) is 17.7. The second-order valence-corrected chi connectivity index (χ2v) is 6.35. The second kappa shape index (κ2) is 6.01. The Morgan fingerprint density at radius 3 is 2.64 bits per heavy atom. The molecule has 0 unspecified atom stereocenters. The van der Waals surface area contributed by atoms with E-state index in [1.165, 1.54) is 30.1 Å². The van der Waals surface area contributed by atoms with Crippen LogP contribution >= 0.6 is 11.6 Å². The van der Waals surface area contributed by atoms with Crippen LogP contribution in [0.4, 0.5) is 23.2 Å². The first-order valence-electron chi connectivity index (χ1n) is 7.53. The molecule has 1 atom stereocenters. The number of fused-ring (bicyclic) bond motifs is 1. The number of amides is 1. The van der Waals surface area contributed by atoms with Gasteiger partial charge in [-0.05, 0) is 43.5 Å². The molecular formula is C16H14ClF4N3O. The summed E-state index contributed by atoms with van der Waals surface area (Å²) in [5.41, 5.74) is -0.557. The van der Waals surface area contributed by atoms with Gasteiger partial charge in [0.25, 0.3) is 5.91 Å². The van der Waals surface area contributed by atoms with Crippen molar-refractivity contribution < 1.29 is 22.4 Å². The molecular weight excluding hydrogens is 362 g/mol. The number of anilines is 1. The van der Waals surface area contributed by atoms with Crippen molar-refractivity contribution in [1.29, 1.82) is 0 Å². The highest BCUT2D eigenvalue weighted by molar-refractivity contribution is 6.35. The summed E-state index contributed by atoms with van der Waals surface area (Å²) in [6.45, 7) is 1.78. The number of benzene rings is 1. The predicted octanol–water partition coefficient (Wildman–Crippen LogP) is 4.21. The van der Waals surface area contributed by atoms with Gasteiger partial charge in [0.05, 0.1) is 0 Å². The molecule has 0 bridgehead atoms. The van der Waals surface area contributed by atoms with Gasteiger partial charge in [-0.25, -0.2) is 4.39 Å². The van der Waals surface area contributed by atoms with Crippen LogP contribution in [0.3, 0.4) is 0 Å². The monoisotopic (exact) mass is 375 g/mol. The van der Waals surface area contributed by atoms with Crippen molar-refractivity contribution in [2.24, 2.45) is 7.05 Å². The highest BCUT2D eigenvalue weighted by Gasteiger charge is 2.41. The summed E-state index contributed by atoms with van der Waals surface area (Å²) in [5, 5.41) is 2.61. The van der Waals surface area contributed by atoms with Gasteiger partial charge < -0.3 is 4.90 Å². The van der Waals surface area contributed by atoms with Crippen molar-refractivity contribution in [2.45, 2.75) is 32.0 Å². The molecule has 1 aromatic carbocycles. The normalized spacial score (nSPS) is 17.6. The minimum atomic E-state index is -4.76. The maximum absolute atomic E-state index is 13.4. The zero-order valence-corrected chi connectivity index (χ0v) is 14.1. The molecule has 0 fully saturated rings. The van der Waals surface area contributed by atoms with E-state index in [4.69, 9.17) is 11.6 Å². The molecule has 0 saturated heterocycles. The molecule has 4 nitrogen and oxygen atoms in total. The molecule has 0 spiro atoms. The molecule has 1 aromatic heterocycles. The van der Waals surface area contributed by atoms with Gasteiger partial charge in [-0.3, -0.25) is 9.48 Å². The molecule has 1 aliphatic heterocycles. The number of hydrogen-bond donors (Lipinski definition) is 0. The van der Waals surface area contributed by atoms with Crippen LogP contribution in [0, 0.1) is 5.82 Å². The summed E-state index contributed by atoms with van der Waals surface area (Å²) in [6, 6.07) is 3.72. The van der Waals surface area contributed by atoms with Crippen molar-refractivity contribution in [3.8, 4) is 0 Å². The average molecular weight is 376 g/mol. The summed E-state index contributed by atoms with van der Waals surface area (Å²) in [6.07, 6.45) is -3.63. The van der Waals surface area contributed by atoms with E-state index < -0.39 is 28.6 Å². The molecule has 2 aromatic rings. The molecule has 0 saturated carbocycles. The Balaban J connectivity index is 2.09. The molecule has 3 rings (SSSR count). The Labute approximate surface area is 146 Å². The third kappa shape index (κ3) is 2.99. The average Bonchev–Trinajstić information content (AvgIpc) is 2.82. The van der Waals surface area contributed by atoms with Crippen LogP contribution < -0.4 is 4.90 Å². The SMILES string of the molecule is C[C@H]1CCc2cc(F)ccc2N1C(=O)c1c(Cl)c(C(F)(F)F)nn1C. The summed E-state index contributed by atoms with van der Waals surface area (Å²) in [4.78, 5) is 14.3. The zero-order chi connectivity index (χ0) is 18.5. The second-order valence-electron chi connectivity index (χ2n) is 5.97. The van der Waals surface area contributed by atoms with E-state index in [0.29, 0.717) is 24.1 Å². The van der Waals surface area contributed by atoms with E-state index in [9.17, 15) is 22.4 Å². The maximum Gasteiger partial charge on any atom is 0.436 e. The Morgan fingerprint density at radius 2 is 2.04 bits per heavy atom. The van der Waals surface area contributed by atoms with Crippen LogP contribution in [-0.4, -0.2) is 21.7 Å². The van der Waals surface area contributed by atoms with Crippen molar-refractivity contribution >= 4 is 23.2 Å². The molecule has 0 N–H and O–H groups in total. The van der Waals surface area contributed by atoms with Gasteiger partial charge in [0.2, 0.25) is 0 Å². The first-order chi connectivity index (χ1) is 11.6. The fourth-order valence-electron chi connectivity index (χ4n) is 3.06. The Bertz CT molecular complexity index is 847. The van der Waals surface area contributed by atoms with Gasteiger partial charge in [0.1, 0.15) is 16.5 Å². The topological polar surface area (TPSA) is 38.1 Å². The fraction of sp³-hybridized carbons (Fsp3) is 0.375. The lowest BCUT2D eigenvalue weighted by Gasteiger charge is -2.35. The molecule has 0 radical (unpaired) electrons. The van der Waals surface area contributed by atoms with E-state index in [-0.39, 0.29) is 11.7 Å².